The zero-order valence-corrected chi connectivity index (χ0v) is 25.1. The third-order valence-corrected chi connectivity index (χ3v) is 8.21. The predicted molar refractivity (Wildman–Crippen MR) is 154 cm³/mol. The fourth-order valence-corrected chi connectivity index (χ4v) is 5.20. The molecule has 1 aliphatic heterocycles. The van der Waals surface area contributed by atoms with Gasteiger partial charge in [-0.2, -0.15) is 5.10 Å². The van der Waals surface area contributed by atoms with Crippen LogP contribution in [0, 0.1) is 0 Å². The number of piperazine rings is 1. The summed E-state index contributed by atoms with van der Waals surface area (Å²) in [5.41, 5.74) is 3.89. The molecule has 0 N–H and O–H groups in total. The molecule has 1 aromatic carbocycles. The van der Waals surface area contributed by atoms with E-state index in [1.807, 2.05) is 25.5 Å². The standard InChI is InChI=1S/C27H39ClN6O3Si/c1-27(2,3)37-23(35)18-32-11-13-33(14-12-32)21-9-7-20(8-10-21)24-25-22(17-29-26(28)30-25)34(31-24)19-36-15-16-38(4,5)6/h7-10,17H,11-16,18-19H2,1-6H3. The topological polar surface area (TPSA) is 85.6 Å². The number of anilines is 1. The largest absolute Gasteiger partial charge is 0.459 e. The van der Waals surface area contributed by atoms with E-state index in [9.17, 15) is 4.79 Å². The smallest absolute Gasteiger partial charge is 0.320 e. The van der Waals surface area contributed by atoms with Crippen LogP contribution >= 0.6 is 11.6 Å². The number of fused-ring (bicyclic) bond motifs is 1. The highest BCUT2D eigenvalue weighted by Crippen LogP contribution is 2.29. The minimum atomic E-state index is -1.17. The summed E-state index contributed by atoms with van der Waals surface area (Å²) in [7, 11) is -1.17. The minimum absolute atomic E-state index is 0.174. The maximum atomic E-state index is 12.2. The number of ether oxygens (including phenoxy) is 2. The summed E-state index contributed by atoms with van der Waals surface area (Å²) in [6.07, 6.45) is 1.70. The first-order valence-corrected chi connectivity index (χ1v) is 17.2. The number of rotatable bonds is 9. The van der Waals surface area contributed by atoms with Crippen molar-refractivity contribution in [2.75, 3.05) is 44.2 Å². The molecule has 1 aliphatic rings. The van der Waals surface area contributed by atoms with Crippen molar-refractivity contribution in [2.45, 2.75) is 58.8 Å². The van der Waals surface area contributed by atoms with Crippen LogP contribution in [0.3, 0.4) is 0 Å². The molecule has 11 heteroatoms. The minimum Gasteiger partial charge on any atom is -0.459 e. The first-order chi connectivity index (χ1) is 17.9. The van der Waals surface area contributed by atoms with Crippen LogP contribution in [0.5, 0.6) is 0 Å². The van der Waals surface area contributed by atoms with Gasteiger partial charge in [-0.15, -0.1) is 0 Å². The maximum Gasteiger partial charge on any atom is 0.320 e. The Morgan fingerprint density at radius 1 is 1.08 bits per heavy atom. The molecule has 0 radical (unpaired) electrons. The second-order valence-electron chi connectivity index (χ2n) is 12.0. The van der Waals surface area contributed by atoms with Crippen LogP contribution in [-0.4, -0.2) is 83.6 Å². The number of aromatic nitrogens is 4. The van der Waals surface area contributed by atoms with E-state index in [1.54, 1.807) is 6.20 Å². The number of esters is 1. The van der Waals surface area contributed by atoms with Crippen LogP contribution in [0.4, 0.5) is 5.69 Å². The number of hydrogen-bond donors (Lipinski definition) is 0. The predicted octanol–water partition coefficient (Wildman–Crippen LogP) is 4.92. The highest BCUT2D eigenvalue weighted by atomic mass is 35.5. The van der Waals surface area contributed by atoms with Gasteiger partial charge in [0, 0.05) is 52.1 Å². The summed E-state index contributed by atoms with van der Waals surface area (Å²) in [5.74, 6) is -0.174. The number of hydrogen-bond acceptors (Lipinski definition) is 8. The number of carbonyl (C=O) groups excluding carboxylic acids is 1. The van der Waals surface area contributed by atoms with Crippen molar-refractivity contribution in [3.8, 4) is 11.3 Å². The van der Waals surface area contributed by atoms with Gasteiger partial charge < -0.3 is 14.4 Å². The average Bonchev–Trinajstić information content (AvgIpc) is 3.18. The van der Waals surface area contributed by atoms with Crippen LogP contribution < -0.4 is 4.90 Å². The molecule has 0 spiro atoms. The van der Waals surface area contributed by atoms with E-state index in [2.05, 4.69) is 63.7 Å². The molecule has 0 aliphatic carbocycles. The zero-order valence-electron chi connectivity index (χ0n) is 23.3. The van der Waals surface area contributed by atoms with Crippen LogP contribution in [0.1, 0.15) is 20.8 Å². The fraction of sp³-hybridized carbons (Fsp3) is 0.556. The monoisotopic (exact) mass is 558 g/mol. The highest BCUT2D eigenvalue weighted by molar-refractivity contribution is 6.76. The first-order valence-electron chi connectivity index (χ1n) is 13.1. The second kappa shape index (κ2) is 11.7. The summed E-state index contributed by atoms with van der Waals surface area (Å²) in [6.45, 7) is 17.4. The molecule has 4 rings (SSSR count). The third kappa shape index (κ3) is 7.75. The molecular weight excluding hydrogens is 520 g/mol. The molecule has 38 heavy (non-hydrogen) atoms. The Bertz CT molecular complexity index is 1240. The summed E-state index contributed by atoms with van der Waals surface area (Å²) >= 11 is 6.14. The normalized spacial score (nSPS) is 15.3. The fourth-order valence-electron chi connectivity index (χ4n) is 4.31. The van der Waals surface area contributed by atoms with E-state index in [4.69, 9.17) is 26.2 Å². The number of benzene rings is 1. The lowest BCUT2D eigenvalue weighted by molar-refractivity contribution is -0.156. The van der Waals surface area contributed by atoms with Gasteiger partial charge in [0.15, 0.2) is 0 Å². The van der Waals surface area contributed by atoms with E-state index >= 15 is 0 Å². The Labute approximate surface area is 231 Å². The zero-order chi connectivity index (χ0) is 27.5. The van der Waals surface area contributed by atoms with Crippen LogP contribution in [0.15, 0.2) is 30.5 Å². The Morgan fingerprint density at radius 3 is 2.39 bits per heavy atom. The average molecular weight is 559 g/mol. The lowest BCUT2D eigenvalue weighted by Crippen LogP contribution is -2.48. The van der Waals surface area contributed by atoms with Crippen molar-refractivity contribution in [3.63, 3.8) is 0 Å². The molecule has 0 bridgehead atoms. The van der Waals surface area contributed by atoms with Gasteiger partial charge in [0.05, 0.1) is 12.7 Å². The third-order valence-electron chi connectivity index (χ3n) is 6.32. The van der Waals surface area contributed by atoms with Crippen molar-refractivity contribution in [1.82, 2.24) is 24.6 Å². The number of nitrogens with zero attached hydrogens (tertiary/aromatic N) is 6. The van der Waals surface area contributed by atoms with E-state index < -0.39 is 13.7 Å². The molecule has 9 nitrogen and oxygen atoms in total. The molecule has 0 saturated carbocycles. The maximum absolute atomic E-state index is 12.2. The van der Waals surface area contributed by atoms with Crippen LogP contribution in [0.2, 0.25) is 31.0 Å². The molecular formula is C27H39ClN6O3Si. The molecule has 0 atom stereocenters. The Kier molecular flexibility index (Phi) is 8.76. The lowest BCUT2D eigenvalue weighted by atomic mass is 10.1. The molecule has 1 fully saturated rings. The molecule has 0 amide bonds. The first kappa shape index (κ1) is 28.5. The number of carbonyl (C=O) groups is 1. The van der Waals surface area contributed by atoms with Gasteiger partial charge in [-0.3, -0.25) is 9.69 Å². The Balaban J connectivity index is 1.42. The van der Waals surface area contributed by atoms with Gasteiger partial charge in [0.2, 0.25) is 5.28 Å². The van der Waals surface area contributed by atoms with E-state index in [1.165, 1.54) is 0 Å². The quantitative estimate of drug-likeness (QED) is 0.158. The molecule has 3 aromatic rings. The SMILES string of the molecule is CC(C)(C)OC(=O)CN1CCN(c2ccc(-c3nn(COCC[Si](C)(C)C)c4cnc(Cl)nc34)cc2)CC1. The van der Waals surface area contributed by atoms with Gasteiger partial charge in [-0.25, -0.2) is 14.6 Å². The summed E-state index contributed by atoms with van der Waals surface area (Å²) in [5, 5.41) is 5.01. The van der Waals surface area contributed by atoms with Crippen molar-refractivity contribution in [2.24, 2.45) is 0 Å². The van der Waals surface area contributed by atoms with Crippen molar-refractivity contribution in [3.05, 3.63) is 35.7 Å². The van der Waals surface area contributed by atoms with Gasteiger partial charge in [-0.1, -0.05) is 31.8 Å². The Hall–Kier alpha value is -2.53. The van der Waals surface area contributed by atoms with Crippen LogP contribution in [0.25, 0.3) is 22.3 Å². The van der Waals surface area contributed by atoms with Crippen molar-refractivity contribution in [1.29, 1.82) is 0 Å². The van der Waals surface area contributed by atoms with Gasteiger partial charge in [0.1, 0.15) is 29.1 Å². The Morgan fingerprint density at radius 2 is 1.76 bits per heavy atom. The molecule has 2 aromatic heterocycles. The summed E-state index contributed by atoms with van der Waals surface area (Å²) in [4.78, 5) is 25.3. The van der Waals surface area contributed by atoms with Gasteiger partial charge in [-0.05, 0) is 50.5 Å². The van der Waals surface area contributed by atoms with Gasteiger partial charge >= 0.3 is 5.97 Å². The molecule has 0 unspecified atom stereocenters. The van der Waals surface area contributed by atoms with E-state index in [0.717, 1.165) is 54.7 Å². The molecule has 206 valence electrons. The summed E-state index contributed by atoms with van der Waals surface area (Å²) in [6, 6.07) is 9.44. The molecule has 3 heterocycles. The van der Waals surface area contributed by atoms with Crippen molar-refractivity contribution < 1.29 is 14.3 Å². The van der Waals surface area contributed by atoms with Gasteiger partial charge in [0.25, 0.3) is 0 Å². The number of halogens is 1. The van der Waals surface area contributed by atoms with Crippen LogP contribution in [-0.2, 0) is 21.0 Å². The highest BCUT2D eigenvalue weighted by Gasteiger charge is 2.23. The van der Waals surface area contributed by atoms with E-state index in [-0.39, 0.29) is 11.3 Å². The summed E-state index contributed by atoms with van der Waals surface area (Å²) < 4.78 is 13.2. The second-order valence-corrected chi connectivity index (χ2v) is 17.9. The lowest BCUT2D eigenvalue weighted by Gasteiger charge is -2.36. The van der Waals surface area contributed by atoms with E-state index in [0.29, 0.717) is 25.4 Å². The van der Waals surface area contributed by atoms with Crippen molar-refractivity contribution >= 4 is 42.4 Å². The molecule has 1 saturated heterocycles.